The average Bonchev–Trinajstić information content (AvgIpc) is 2.39. The number of carbonyl (C=O) groups excluding carboxylic acids is 1. The van der Waals surface area contributed by atoms with Crippen molar-refractivity contribution in [3.8, 4) is 0 Å². The Kier molecular flexibility index (Phi) is 23.5. The van der Waals surface area contributed by atoms with Gasteiger partial charge in [-0.1, -0.05) is 13.8 Å². The summed E-state index contributed by atoms with van der Waals surface area (Å²) in [5.74, 6) is 0.555. The molecule has 124 valence electrons. The van der Waals surface area contributed by atoms with E-state index in [0.717, 1.165) is 19.6 Å². The first kappa shape index (κ1) is 24.9. The highest BCUT2D eigenvalue weighted by atomic mass is 32.1. The molecule has 0 aliphatic heterocycles. The van der Waals surface area contributed by atoms with E-state index < -0.39 is 0 Å². The molecule has 0 aliphatic carbocycles. The van der Waals surface area contributed by atoms with Crippen molar-refractivity contribution in [3.05, 3.63) is 0 Å². The van der Waals surface area contributed by atoms with Gasteiger partial charge >= 0.3 is 0 Å². The zero-order valence-corrected chi connectivity index (χ0v) is 15.3. The lowest BCUT2D eigenvalue weighted by Crippen LogP contribution is -2.28. The van der Waals surface area contributed by atoms with E-state index in [1.54, 1.807) is 6.92 Å². The Morgan fingerprint density at radius 1 is 1.30 bits per heavy atom. The van der Waals surface area contributed by atoms with Crippen LogP contribution in [0.5, 0.6) is 0 Å². The molecule has 0 heterocycles. The predicted molar refractivity (Wildman–Crippen MR) is 90.7 cm³/mol. The second-order valence-corrected chi connectivity index (χ2v) is 4.79. The van der Waals surface area contributed by atoms with E-state index in [1.165, 1.54) is 0 Å². The van der Waals surface area contributed by atoms with Crippen LogP contribution in [-0.4, -0.2) is 44.1 Å². The summed E-state index contributed by atoms with van der Waals surface area (Å²) in [5, 5.41) is 3.10. The third-order valence-corrected chi connectivity index (χ3v) is 2.38. The van der Waals surface area contributed by atoms with Gasteiger partial charge in [0.2, 0.25) is 0 Å². The van der Waals surface area contributed by atoms with Crippen LogP contribution in [0.4, 0.5) is 0 Å². The first-order valence-electron chi connectivity index (χ1n) is 7.36. The molecule has 0 fully saturated rings. The summed E-state index contributed by atoms with van der Waals surface area (Å²) in [4.78, 5) is 10.2. The molecule has 5 heteroatoms. The highest BCUT2D eigenvalue weighted by molar-refractivity contribution is 7.80. The predicted octanol–water partition coefficient (Wildman–Crippen LogP) is 3.31. The standard InChI is InChI=1S/C8H19NO.C5H10O2S.C2H6/c1-5-10-8(2,3)6-7-9-4;1-5(6)2-3-7-4-8;1-2/h9H,5-7H2,1-4H3;8H,2-4H2,1H3;1-2H3. The van der Waals surface area contributed by atoms with Crippen molar-refractivity contribution < 1.29 is 14.3 Å². The molecule has 0 rings (SSSR count). The highest BCUT2D eigenvalue weighted by Gasteiger charge is 2.15. The minimum atomic E-state index is 0.0394. The molecule has 4 nitrogen and oxygen atoms in total. The molecule has 0 bridgehead atoms. The molecule has 0 aromatic carbocycles. The number of hydrogen-bond acceptors (Lipinski definition) is 5. The molecule has 20 heavy (non-hydrogen) atoms. The number of ketones is 1. The van der Waals surface area contributed by atoms with Crippen molar-refractivity contribution >= 4 is 18.4 Å². The van der Waals surface area contributed by atoms with Crippen LogP contribution in [0, 0.1) is 0 Å². The molecule has 0 aromatic heterocycles. The van der Waals surface area contributed by atoms with Crippen LogP contribution in [0.15, 0.2) is 0 Å². The Balaban J connectivity index is -0.000000262. The highest BCUT2D eigenvalue weighted by Crippen LogP contribution is 2.12. The molecule has 0 aromatic rings. The smallest absolute Gasteiger partial charge is 0.132 e. The van der Waals surface area contributed by atoms with Gasteiger partial charge in [0.25, 0.3) is 0 Å². The van der Waals surface area contributed by atoms with Gasteiger partial charge in [-0.05, 0) is 47.7 Å². The lowest BCUT2D eigenvalue weighted by Gasteiger charge is -2.24. The fourth-order valence-electron chi connectivity index (χ4n) is 1.17. The Hall–Kier alpha value is -0.100. The van der Waals surface area contributed by atoms with Crippen LogP contribution in [0.25, 0.3) is 0 Å². The molecular formula is C15H35NO3S. The van der Waals surface area contributed by atoms with Crippen LogP contribution in [-0.2, 0) is 14.3 Å². The maximum absolute atomic E-state index is 10.2. The minimum absolute atomic E-state index is 0.0394. The van der Waals surface area contributed by atoms with Crippen molar-refractivity contribution in [1.29, 1.82) is 0 Å². The number of hydrogen-bond donors (Lipinski definition) is 2. The molecular weight excluding hydrogens is 274 g/mol. The molecule has 1 N–H and O–H groups in total. The van der Waals surface area contributed by atoms with Gasteiger partial charge in [0, 0.05) is 13.0 Å². The third-order valence-electron chi connectivity index (χ3n) is 2.20. The fraction of sp³-hybridized carbons (Fsp3) is 0.933. The van der Waals surface area contributed by atoms with Gasteiger partial charge in [0.1, 0.15) is 5.78 Å². The molecule has 0 radical (unpaired) electrons. The lowest BCUT2D eigenvalue weighted by atomic mass is 10.1. The van der Waals surface area contributed by atoms with E-state index in [1.807, 2.05) is 27.8 Å². The second kappa shape index (κ2) is 18.9. The minimum Gasteiger partial charge on any atom is -0.376 e. The summed E-state index contributed by atoms with van der Waals surface area (Å²) in [7, 11) is 1.96. The molecule has 0 saturated heterocycles. The van der Waals surface area contributed by atoms with E-state index in [0.29, 0.717) is 19.0 Å². The van der Waals surface area contributed by atoms with E-state index >= 15 is 0 Å². The quantitative estimate of drug-likeness (QED) is 0.390. The molecule has 0 atom stereocenters. The average molecular weight is 310 g/mol. The van der Waals surface area contributed by atoms with Crippen molar-refractivity contribution in [1.82, 2.24) is 5.32 Å². The van der Waals surface area contributed by atoms with Crippen molar-refractivity contribution in [2.45, 2.75) is 60.0 Å². The number of thiol groups is 1. The first-order chi connectivity index (χ1) is 9.39. The van der Waals surface area contributed by atoms with E-state index in [4.69, 9.17) is 9.47 Å². The number of carbonyl (C=O) groups is 1. The summed E-state index contributed by atoms with van der Waals surface area (Å²) < 4.78 is 10.3. The number of nitrogens with one attached hydrogen (secondary N) is 1. The van der Waals surface area contributed by atoms with Crippen molar-refractivity contribution in [2.24, 2.45) is 0 Å². The number of Topliss-reactive ketones (excluding diaryl/α,β-unsaturated/α-hetero) is 1. The maximum Gasteiger partial charge on any atom is 0.132 e. The zero-order valence-electron chi connectivity index (χ0n) is 14.4. The third kappa shape index (κ3) is 26.5. The van der Waals surface area contributed by atoms with Crippen LogP contribution in [0.2, 0.25) is 0 Å². The number of ether oxygens (including phenoxy) is 2. The van der Waals surface area contributed by atoms with Gasteiger partial charge in [-0.15, -0.1) is 0 Å². The molecule has 0 spiro atoms. The maximum atomic E-state index is 10.2. The van der Waals surface area contributed by atoms with Crippen LogP contribution >= 0.6 is 12.6 Å². The Bertz CT molecular complexity index is 200. The fourth-order valence-corrected chi connectivity index (χ4v) is 1.30. The van der Waals surface area contributed by atoms with Gasteiger partial charge in [-0.2, -0.15) is 12.6 Å². The Morgan fingerprint density at radius 3 is 2.20 bits per heavy atom. The molecule has 0 saturated carbocycles. The van der Waals surface area contributed by atoms with E-state index in [9.17, 15) is 4.79 Å². The Morgan fingerprint density at radius 2 is 1.85 bits per heavy atom. The summed E-state index contributed by atoms with van der Waals surface area (Å²) in [6.45, 7) is 14.1. The van der Waals surface area contributed by atoms with Crippen molar-refractivity contribution in [3.63, 3.8) is 0 Å². The largest absolute Gasteiger partial charge is 0.376 e. The lowest BCUT2D eigenvalue weighted by molar-refractivity contribution is -0.117. The summed E-state index contributed by atoms with van der Waals surface area (Å²) in [6.07, 6.45) is 1.57. The van der Waals surface area contributed by atoms with Crippen LogP contribution < -0.4 is 5.32 Å². The summed E-state index contributed by atoms with van der Waals surface area (Å²) >= 11 is 3.79. The van der Waals surface area contributed by atoms with Crippen LogP contribution in [0.1, 0.15) is 54.4 Å². The first-order valence-corrected chi connectivity index (χ1v) is 7.99. The van der Waals surface area contributed by atoms with E-state index in [-0.39, 0.29) is 11.4 Å². The van der Waals surface area contributed by atoms with Gasteiger partial charge in [-0.3, -0.25) is 4.79 Å². The van der Waals surface area contributed by atoms with Gasteiger partial charge < -0.3 is 14.8 Å². The van der Waals surface area contributed by atoms with Crippen LogP contribution in [0.3, 0.4) is 0 Å². The van der Waals surface area contributed by atoms with Gasteiger partial charge in [-0.25, -0.2) is 0 Å². The normalized spacial score (nSPS) is 10.0. The molecule has 0 unspecified atom stereocenters. The van der Waals surface area contributed by atoms with Gasteiger partial charge in [0.15, 0.2) is 0 Å². The molecule has 0 amide bonds. The topological polar surface area (TPSA) is 47.6 Å². The Labute approximate surface area is 131 Å². The zero-order chi connectivity index (χ0) is 16.4. The van der Waals surface area contributed by atoms with Gasteiger partial charge in [0.05, 0.1) is 18.1 Å². The SMILES string of the molecule is CC.CC(=O)CCOCS.CCOC(C)(C)CCNC. The second-order valence-electron chi connectivity index (χ2n) is 4.54. The molecule has 0 aliphatic rings. The van der Waals surface area contributed by atoms with Crippen molar-refractivity contribution in [2.75, 3.05) is 32.7 Å². The number of rotatable bonds is 9. The monoisotopic (exact) mass is 309 g/mol. The van der Waals surface area contributed by atoms with E-state index in [2.05, 4.69) is 31.8 Å². The summed E-state index contributed by atoms with van der Waals surface area (Å²) in [6, 6.07) is 0. The summed E-state index contributed by atoms with van der Waals surface area (Å²) in [5.41, 5.74) is 0.0394.